The molecule has 1 nitrogen and oxygen atoms in total. The first-order valence-electron chi connectivity index (χ1n) is 7.30. The molecule has 0 unspecified atom stereocenters. The van der Waals surface area contributed by atoms with E-state index in [1.165, 1.54) is 10.9 Å². The molecule has 0 radical (unpaired) electrons. The summed E-state index contributed by atoms with van der Waals surface area (Å²) in [6.45, 7) is 6.70. The Balaban J connectivity index is 2.05. The maximum absolute atomic E-state index is 6.02. The van der Waals surface area contributed by atoms with Gasteiger partial charge in [-0.1, -0.05) is 69.3 Å². The molecule has 0 heterocycles. The van der Waals surface area contributed by atoms with E-state index in [2.05, 4.69) is 45.0 Å². The number of para-hydroxylation sites is 1. The summed E-state index contributed by atoms with van der Waals surface area (Å²) in [6, 6.07) is 22.7. The Labute approximate surface area is 126 Å². The first-order chi connectivity index (χ1) is 10.0. The molecule has 0 aliphatic rings. The van der Waals surface area contributed by atoms with Gasteiger partial charge in [-0.3, -0.25) is 0 Å². The number of ether oxygens (including phenoxy) is 1. The number of hydrogen-bond acceptors (Lipinski definition) is 1. The predicted molar refractivity (Wildman–Crippen MR) is 89.2 cm³/mol. The van der Waals surface area contributed by atoms with E-state index >= 15 is 0 Å². The molecule has 0 saturated heterocycles. The Hall–Kier alpha value is -2.28. The van der Waals surface area contributed by atoms with Crippen molar-refractivity contribution < 1.29 is 4.74 Å². The van der Waals surface area contributed by atoms with Crippen LogP contribution in [0.15, 0.2) is 66.7 Å². The lowest BCUT2D eigenvalue weighted by Crippen LogP contribution is -2.10. The summed E-state index contributed by atoms with van der Waals surface area (Å²) in [5.41, 5.74) is 1.50. The minimum atomic E-state index is 0.157. The molecule has 0 fully saturated rings. The highest BCUT2D eigenvalue weighted by Gasteiger charge is 2.14. The Morgan fingerprint density at radius 3 is 2.24 bits per heavy atom. The largest absolute Gasteiger partial charge is 0.457 e. The van der Waals surface area contributed by atoms with Crippen LogP contribution in [0, 0.1) is 0 Å². The van der Waals surface area contributed by atoms with E-state index in [9.17, 15) is 0 Å². The van der Waals surface area contributed by atoms with Crippen molar-refractivity contribution >= 4 is 10.8 Å². The fourth-order valence-electron chi connectivity index (χ4n) is 2.42. The molecule has 3 aromatic carbocycles. The van der Waals surface area contributed by atoms with Gasteiger partial charge in [0, 0.05) is 5.39 Å². The molecule has 106 valence electrons. The van der Waals surface area contributed by atoms with Gasteiger partial charge in [-0.25, -0.2) is 0 Å². The summed E-state index contributed by atoms with van der Waals surface area (Å²) < 4.78 is 6.02. The average Bonchev–Trinajstić information content (AvgIpc) is 2.47. The maximum Gasteiger partial charge on any atom is 0.135 e. The standard InChI is InChI=1S/C20H20O/c1-20(2,3)16-12-13-18-15(14-16)8-7-11-19(18)21-17-9-5-4-6-10-17/h4-14H,1-3H3. The lowest BCUT2D eigenvalue weighted by Gasteiger charge is -2.20. The first kappa shape index (κ1) is 13.7. The third kappa shape index (κ3) is 2.92. The van der Waals surface area contributed by atoms with Crippen molar-refractivity contribution in [3.8, 4) is 11.5 Å². The third-order valence-electron chi connectivity index (χ3n) is 3.68. The van der Waals surface area contributed by atoms with Crippen LogP contribution in [-0.2, 0) is 5.41 Å². The zero-order chi connectivity index (χ0) is 14.9. The van der Waals surface area contributed by atoms with E-state index < -0.39 is 0 Å². The van der Waals surface area contributed by atoms with Crippen LogP contribution in [0.25, 0.3) is 10.8 Å². The van der Waals surface area contributed by atoms with Crippen molar-refractivity contribution in [2.45, 2.75) is 26.2 Å². The Bertz CT molecular complexity index is 752. The zero-order valence-corrected chi connectivity index (χ0v) is 12.8. The van der Waals surface area contributed by atoms with Gasteiger partial charge in [-0.2, -0.15) is 0 Å². The highest BCUT2D eigenvalue weighted by atomic mass is 16.5. The van der Waals surface area contributed by atoms with E-state index in [-0.39, 0.29) is 5.41 Å². The quantitative estimate of drug-likeness (QED) is 0.563. The summed E-state index contributed by atoms with van der Waals surface area (Å²) in [5, 5.41) is 2.37. The van der Waals surface area contributed by atoms with E-state index in [1.807, 2.05) is 42.5 Å². The van der Waals surface area contributed by atoms with E-state index in [4.69, 9.17) is 4.74 Å². The number of hydrogen-bond donors (Lipinski definition) is 0. The Kier molecular flexibility index (Phi) is 3.42. The Morgan fingerprint density at radius 2 is 1.52 bits per heavy atom. The second-order valence-electron chi connectivity index (χ2n) is 6.36. The molecule has 0 aliphatic carbocycles. The van der Waals surface area contributed by atoms with E-state index in [0.29, 0.717) is 0 Å². The van der Waals surface area contributed by atoms with Gasteiger partial charge >= 0.3 is 0 Å². The molecule has 21 heavy (non-hydrogen) atoms. The van der Waals surface area contributed by atoms with Crippen LogP contribution in [0.1, 0.15) is 26.3 Å². The molecular formula is C20H20O. The Morgan fingerprint density at radius 1 is 0.762 bits per heavy atom. The highest BCUT2D eigenvalue weighted by Crippen LogP contribution is 2.33. The second kappa shape index (κ2) is 5.25. The van der Waals surface area contributed by atoms with Gasteiger partial charge in [0.25, 0.3) is 0 Å². The van der Waals surface area contributed by atoms with Gasteiger partial charge in [-0.15, -0.1) is 0 Å². The third-order valence-corrected chi connectivity index (χ3v) is 3.68. The monoisotopic (exact) mass is 276 g/mol. The highest BCUT2D eigenvalue weighted by molar-refractivity contribution is 5.89. The summed E-state index contributed by atoms with van der Waals surface area (Å²) in [4.78, 5) is 0. The summed E-state index contributed by atoms with van der Waals surface area (Å²) in [7, 11) is 0. The van der Waals surface area contributed by atoms with Crippen molar-refractivity contribution in [3.63, 3.8) is 0 Å². The lowest BCUT2D eigenvalue weighted by molar-refractivity contribution is 0.488. The van der Waals surface area contributed by atoms with Gasteiger partial charge in [0.15, 0.2) is 0 Å². The van der Waals surface area contributed by atoms with Crippen molar-refractivity contribution in [2.75, 3.05) is 0 Å². The van der Waals surface area contributed by atoms with E-state index in [0.717, 1.165) is 16.9 Å². The summed E-state index contributed by atoms with van der Waals surface area (Å²) >= 11 is 0. The van der Waals surface area contributed by atoms with Crippen molar-refractivity contribution in [3.05, 3.63) is 72.3 Å². The molecule has 3 aromatic rings. The van der Waals surface area contributed by atoms with Gasteiger partial charge in [-0.05, 0) is 34.6 Å². The fourth-order valence-corrected chi connectivity index (χ4v) is 2.42. The molecule has 0 N–H and O–H groups in total. The fraction of sp³-hybridized carbons (Fsp3) is 0.200. The molecule has 0 amide bonds. The molecule has 0 saturated carbocycles. The molecular weight excluding hydrogens is 256 g/mol. The molecule has 3 rings (SSSR count). The predicted octanol–water partition coefficient (Wildman–Crippen LogP) is 5.93. The molecule has 0 aromatic heterocycles. The van der Waals surface area contributed by atoms with Crippen LogP contribution in [0.3, 0.4) is 0 Å². The smallest absolute Gasteiger partial charge is 0.135 e. The van der Waals surface area contributed by atoms with Crippen LogP contribution < -0.4 is 4.74 Å². The van der Waals surface area contributed by atoms with E-state index in [1.54, 1.807) is 0 Å². The summed E-state index contributed by atoms with van der Waals surface area (Å²) in [6.07, 6.45) is 0. The number of rotatable bonds is 2. The van der Waals surface area contributed by atoms with Crippen LogP contribution in [-0.4, -0.2) is 0 Å². The SMILES string of the molecule is CC(C)(C)c1ccc2c(Oc3ccccc3)cccc2c1. The summed E-state index contributed by atoms with van der Waals surface area (Å²) in [5.74, 6) is 1.77. The van der Waals surface area contributed by atoms with Crippen LogP contribution in [0.2, 0.25) is 0 Å². The average molecular weight is 276 g/mol. The molecule has 0 aliphatic heterocycles. The second-order valence-corrected chi connectivity index (χ2v) is 6.36. The van der Waals surface area contributed by atoms with Gasteiger partial charge in [0.05, 0.1) is 0 Å². The van der Waals surface area contributed by atoms with Gasteiger partial charge in [0.1, 0.15) is 11.5 Å². The molecule has 0 bridgehead atoms. The lowest BCUT2D eigenvalue weighted by atomic mass is 9.86. The minimum Gasteiger partial charge on any atom is -0.457 e. The topological polar surface area (TPSA) is 9.23 Å². The first-order valence-corrected chi connectivity index (χ1v) is 7.30. The van der Waals surface area contributed by atoms with Crippen LogP contribution in [0.5, 0.6) is 11.5 Å². The zero-order valence-electron chi connectivity index (χ0n) is 12.8. The van der Waals surface area contributed by atoms with Crippen LogP contribution in [0.4, 0.5) is 0 Å². The van der Waals surface area contributed by atoms with Gasteiger partial charge in [0.2, 0.25) is 0 Å². The van der Waals surface area contributed by atoms with Crippen LogP contribution >= 0.6 is 0 Å². The van der Waals surface area contributed by atoms with Crippen molar-refractivity contribution in [2.24, 2.45) is 0 Å². The molecule has 0 spiro atoms. The molecule has 1 heteroatoms. The molecule has 0 atom stereocenters. The van der Waals surface area contributed by atoms with Gasteiger partial charge < -0.3 is 4.74 Å². The normalized spacial score (nSPS) is 11.6. The van der Waals surface area contributed by atoms with Crippen molar-refractivity contribution in [1.82, 2.24) is 0 Å². The number of fused-ring (bicyclic) bond motifs is 1. The number of benzene rings is 3. The van der Waals surface area contributed by atoms with Crippen molar-refractivity contribution in [1.29, 1.82) is 0 Å². The maximum atomic E-state index is 6.02. The minimum absolute atomic E-state index is 0.157.